The van der Waals surface area contributed by atoms with Gasteiger partial charge < -0.3 is 14.4 Å². The summed E-state index contributed by atoms with van der Waals surface area (Å²) in [5.74, 6) is 1.11. The highest BCUT2D eigenvalue weighted by atomic mass is 35.5. The molecular formula is C24H23ClN3O2. The highest BCUT2D eigenvalue weighted by molar-refractivity contribution is 6.34. The van der Waals surface area contributed by atoms with Gasteiger partial charge in [0.15, 0.2) is 0 Å². The van der Waals surface area contributed by atoms with Gasteiger partial charge in [-0.3, -0.25) is 9.59 Å². The number of benzene rings is 2. The second kappa shape index (κ2) is 7.47. The van der Waals surface area contributed by atoms with E-state index in [2.05, 4.69) is 28.8 Å². The van der Waals surface area contributed by atoms with Gasteiger partial charge >= 0.3 is 0 Å². The monoisotopic (exact) mass is 420 g/mol. The first kappa shape index (κ1) is 19.2. The second-order valence-corrected chi connectivity index (χ2v) is 8.49. The van der Waals surface area contributed by atoms with Crippen LogP contribution in [0, 0.1) is 5.92 Å². The van der Waals surface area contributed by atoms with Crippen LogP contribution in [0.4, 0.5) is 0 Å². The first-order valence-corrected chi connectivity index (χ1v) is 10.7. The number of aromatic nitrogens is 1. The summed E-state index contributed by atoms with van der Waals surface area (Å²) >= 11 is 6.53. The van der Waals surface area contributed by atoms with E-state index < -0.39 is 0 Å². The summed E-state index contributed by atoms with van der Waals surface area (Å²) in [7, 11) is 2.03. The van der Waals surface area contributed by atoms with Gasteiger partial charge in [-0.1, -0.05) is 23.7 Å². The van der Waals surface area contributed by atoms with Gasteiger partial charge in [0, 0.05) is 50.3 Å². The van der Waals surface area contributed by atoms with Crippen molar-refractivity contribution in [3.05, 3.63) is 65.2 Å². The van der Waals surface area contributed by atoms with E-state index in [1.807, 2.05) is 36.3 Å². The molecule has 6 heteroatoms. The molecule has 2 fully saturated rings. The zero-order valence-electron chi connectivity index (χ0n) is 16.9. The first-order valence-electron chi connectivity index (χ1n) is 10.3. The van der Waals surface area contributed by atoms with Crippen LogP contribution in [0.1, 0.15) is 23.2 Å². The number of hydrogen-bond donors (Lipinski definition) is 0. The molecule has 1 radical (unpaired) electrons. The third kappa shape index (κ3) is 3.47. The van der Waals surface area contributed by atoms with Crippen molar-refractivity contribution < 1.29 is 9.59 Å². The molecule has 2 amide bonds. The van der Waals surface area contributed by atoms with Crippen LogP contribution in [0.25, 0.3) is 22.0 Å². The van der Waals surface area contributed by atoms with Crippen molar-refractivity contribution in [1.29, 1.82) is 0 Å². The maximum Gasteiger partial charge on any atom is 0.255 e. The van der Waals surface area contributed by atoms with Crippen molar-refractivity contribution in [1.82, 2.24) is 14.4 Å². The van der Waals surface area contributed by atoms with Crippen molar-refractivity contribution in [3.63, 3.8) is 0 Å². The third-order valence-electron chi connectivity index (χ3n) is 6.07. The lowest BCUT2D eigenvalue weighted by atomic mass is 10.0. The Kier molecular flexibility index (Phi) is 4.78. The molecule has 2 heterocycles. The molecule has 2 aliphatic rings. The predicted octanol–water partition coefficient (Wildman–Crippen LogP) is 4.15. The molecule has 0 bridgehead atoms. The first-order chi connectivity index (χ1) is 14.5. The van der Waals surface area contributed by atoms with E-state index in [1.54, 1.807) is 4.90 Å². The number of nitrogens with zero attached hydrogens (tertiary/aromatic N) is 3. The Hall–Kier alpha value is -2.79. The predicted molar refractivity (Wildman–Crippen MR) is 118 cm³/mol. The SMILES string of the molecule is Cn1ccc2cc(-c3ccc(C(=O)N4CCN(C(=O)[C]5CC5)CC4)c(Cl)c3)ccc21. The second-order valence-electron chi connectivity index (χ2n) is 8.08. The zero-order valence-corrected chi connectivity index (χ0v) is 17.7. The Balaban J connectivity index is 1.31. The van der Waals surface area contributed by atoms with E-state index in [9.17, 15) is 9.59 Å². The van der Waals surface area contributed by atoms with Crippen LogP contribution in [0.2, 0.25) is 5.02 Å². The lowest BCUT2D eigenvalue weighted by molar-refractivity contribution is -0.129. The summed E-state index contributed by atoms with van der Waals surface area (Å²) in [5, 5.41) is 1.63. The van der Waals surface area contributed by atoms with Crippen molar-refractivity contribution in [2.24, 2.45) is 7.05 Å². The highest BCUT2D eigenvalue weighted by Gasteiger charge is 2.36. The van der Waals surface area contributed by atoms with Gasteiger partial charge in [-0.15, -0.1) is 0 Å². The summed E-state index contributed by atoms with van der Waals surface area (Å²) < 4.78 is 2.09. The fraction of sp³-hybridized carbons (Fsp3) is 0.292. The molecule has 0 N–H and O–H groups in total. The van der Waals surface area contributed by atoms with Crippen LogP contribution >= 0.6 is 11.6 Å². The number of amides is 2. The van der Waals surface area contributed by atoms with Gasteiger partial charge in [0.2, 0.25) is 5.91 Å². The molecule has 3 aromatic rings. The fourth-order valence-electron chi connectivity index (χ4n) is 4.11. The lowest BCUT2D eigenvalue weighted by Crippen LogP contribution is -2.50. The fourth-order valence-corrected chi connectivity index (χ4v) is 4.37. The molecule has 0 atom stereocenters. The van der Waals surface area contributed by atoms with Crippen LogP contribution in [0.5, 0.6) is 0 Å². The largest absolute Gasteiger partial charge is 0.351 e. The quantitative estimate of drug-likeness (QED) is 0.639. The van der Waals surface area contributed by atoms with E-state index in [-0.39, 0.29) is 11.8 Å². The lowest BCUT2D eigenvalue weighted by Gasteiger charge is -2.35. The van der Waals surface area contributed by atoms with Crippen LogP contribution in [0.3, 0.4) is 0 Å². The molecule has 5 nitrogen and oxygen atoms in total. The summed E-state index contributed by atoms with van der Waals surface area (Å²) in [6, 6.07) is 14.0. The van der Waals surface area contributed by atoms with Crippen molar-refractivity contribution in [2.45, 2.75) is 12.8 Å². The van der Waals surface area contributed by atoms with E-state index >= 15 is 0 Å². The number of hydrogen-bond acceptors (Lipinski definition) is 2. The number of piperazine rings is 1. The zero-order chi connectivity index (χ0) is 20.8. The maximum atomic E-state index is 13.0. The Labute approximate surface area is 180 Å². The molecular weight excluding hydrogens is 398 g/mol. The number of fused-ring (bicyclic) bond motifs is 1. The topological polar surface area (TPSA) is 45.6 Å². The minimum absolute atomic E-state index is 0.0729. The standard InChI is InChI=1S/C24H23ClN3O2/c1-26-9-8-19-14-17(5-7-22(19)26)18-4-6-20(21(25)15-18)24(30)28-12-10-27(11-13-28)23(29)16-2-3-16/h4-9,14-15H,2-3,10-13H2,1H3. The van der Waals surface area contributed by atoms with Gasteiger partial charge in [-0.25, -0.2) is 0 Å². The molecule has 30 heavy (non-hydrogen) atoms. The minimum atomic E-state index is -0.0729. The molecule has 1 aromatic heterocycles. The van der Waals surface area contributed by atoms with Gasteiger partial charge in [0.05, 0.1) is 16.5 Å². The molecule has 1 aliphatic heterocycles. The molecule has 1 saturated carbocycles. The number of carbonyl (C=O) groups excluding carboxylic acids is 2. The van der Waals surface area contributed by atoms with E-state index in [0.717, 1.165) is 29.9 Å². The minimum Gasteiger partial charge on any atom is -0.351 e. The smallest absolute Gasteiger partial charge is 0.255 e. The van der Waals surface area contributed by atoms with Crippen LogP contribution < -0.4 is 0 Å². The maximum absolute atomic E-state index is 13.0. The normalized spacial score (nSPS) is 16.9. The molecule has 0 spiro atoms. The summed E-state index contributed by atoms with van der Waals surface area (Å²) in [6.45, 7) is 2.25. The van der Waals surface area contributed by atoms with E-state index in [1.165, 1.54) is 10.9 Å². The van der Waals surface area contributed by atoms with Crippen molar-refractivity contribution in [3.8, 4) is 11.1 Å². The Bertz CT molecular complexity index is 1140. The molecule has 5 rings (SSSR count). The average molecular weight is 421 g/mol. The molecule has 153 valence electrons. The molecule has 1 aliphatic carbocycles. The van der Waals surface area contributed by atoms with Crippen LogP contribution in [-0.4, -0.2) is 52.4 Å². The number of halogens is 1. The van der Waals surface area contributed by atoms with Gasteiger partial charge in [-0.2, -0.15) is 0 Å². The van der Waals surface area contributed by atoms with E-state index in [4.69, 9.17) is 11.6 Å². The summed E-state index contributed by atoms with van der Waals surface area (Å²) in [5.41, 5.74) is 3.74. The average Bonchev–Trinajstić information content (AvgIpc) is 3.56. The molecule has 2 aromatic carbocycles. The summed E-state index contributed by atoms with van der Waals surface area (Å²) in [4.78, 5) is 28.8. The van der Waals surface area contributed by atoms with Crippen molar-refractivity contribution >= 4 is 34.3 Å². The number of rotatable bonds is 3. The van der Waals surface area contributed by atoms with E-state index in [0.29, 0.717) is 36.8 Å². The van der Waals surface area contributed by atoms with Gasteiger partial charge in [0.25, 0.3) is 5.91 Å². The Morgan fingerprint density at radius 2 is 1.47 bits per heavy atom. The number of carbonyl (C=O) groups is 2. The van der Waals surface area contributed by atoms with Crippen LogP contribution in [-0.2, 0) is 11.8 Å². The highest BCUT2D eigenvalue weighted by Crippen LogP contribution is 2.34. The Morgan fingerprint density at radius 1 is 0.833 bits per heavy atom. The molecule has 1 saturated heterocycles. The van der Waals surface area contributed by atoms with Gasteiger partial charge in [0.1, 0.15) is 0 Å². The van der Waals surface area contributed by atoms with Crippen molar-refractivity contribution in [2.75, 3.05) is 26.2 Å². The number of aryl methyl sites for hydroxylation is 1. The van der Waals surface area contributed by atoms with Crippen LogP contribution in [0.15, 0.2) is 48.7 Å². The van der Waals surface area contributed by atoms with Gasteiger partial charge in [-0.05, 0) is 54.3 Å². The Morgan fingerprint density at radius 3 is 2.13 bits per heavy atom. The molecule has 0 unspecified atom stereocenters. The summed E-state index contributed by atoms with van der Waals surface area (Å²) in [6.07, 6.45) is 3.90. The third-order valence-corrected chi connectivity index (χ3v) is 6.39.